The summed E-state index contributed by atoms with van der Waals surface area (Å²) in [6.45, 7) is 1.43. The van der Waals surface area contributed by atoms with Crippen LogP contribution in [0.25, 0.3) is 0 Å². The van der Waals surface area contributed by atoms with E-state index >= 15 is 0 Å². The lowest BCUT2D eigenvalue weighted by molar-refractivity contribution is -0.384. The molecule has 11 nitrogen and oxygen atoms in total. The zero-order valence-electron chi connectivity index (χ0n) is 21.2. The van der Waals surface area contributed by atoms with Gasteiger partial charge < -0.3 is 24.2 Å². The highest BCUT2D eigenvalue weighted by molar-refractivity contribution is 7.59. The van der Waals surface area contributed by atoms with Crippen molar-refractivity contribution < 1.29 is 38.3 Å². The number of carbonyl (C=O) groups excluding carboxylic acids is 1. The number of aliphatic carboxylic acids is 1. The number of carboxylic acids is 1. The van der Waals surface area contributed by atoms with Crippen LogP contribution in [0, 0.1) is 22.0 Å². The first-order valence-corrected chi connectivity index (χ1v) is 14.0. The van der Waals surface area contributed by atoms with Crippen LogP contribution in [-0.2, 0) is 20.6 Å². The number of non-ortho nitro benzene ring substituents is 1. The standard InChI is InChI=1S/C28H25N2O9P/c1-17(31)23-24-22(16-18-12-14-19(15-13-18)30(35)36)26(25(28(33)34)29(24)27(23)32)40(37,38-20-8-4-2-5-9-20)39-21-10-6-3-7-11-21/h2-15,17,22-24,31H,16H2,1H3,(H,33,34)/t17-,22?,23-,24+/m1/s1. The second-order valence-electron chi connectivity index (χ2n) is 9.54. The number of hydrogen-bond acceptors (Lipinski definition) is 8. The van der Waals surface area contributed by atoms with Gasteiger partial charge in [0.05, 0.1) is 23.0 Å². The Balaban J connectivity index is 1.67. The van der Waals surface area contributed by atoms with Crippen molar-refractivity contribution in [3.8, 4) is 11.5 Å². The molecule has 206 valence electrons. The molecule has 1 amide bonds. The Morgan fingerprint density at radius 2 is 1.52 bits per heavy atom. The highest BCUT2D eigenvalue weighted by Gasteiger charge is 2.65. The van der Waals surface area contributed by atoms with Gasteiger partial charge in [0.1, 0.15) is 22.5 Å². The Bertz CT molecular complexity index is 1480. The minimum atomic E-state index is -4.54. The highest BCUT2D eigenvalue weighted by Crippen LogP contribution is 2.65. The molecule has 4 atom stereocenters. The first-order valence-electron chi connectivity index (χ1n) is 12.4. The maximum absolute atomic E-state index is 14.9. The van der Waals surface area contributed by atoms with Gasteiger partial charge in [0.15, 0.2) is 0 Å². The normalized spacial score (nSPS) is 20.9. The number of benzene rings is 3. The van der Waals surface area contributed by atoms with Crippen LogP contribution in [0.1, 0.15) is 12.5 Å². The number of aliphatic hydroxyl groups excluding tert-OH is 1. The van der Waals surface area contributed by atoms with E-state index in [4.69, 9.17) is 9.05 Å². The van der Waals surface area contributed by atoms with E-state index in [0.29, 0.717) is 5.56 Å². The molecule has 40 heavy (non-hydrogen) atoms. The van der Waals surface area contributed by atoms with Gasteiger partial charge in [-0.05, 0) is 43.2 Å². The van der Waals surface area contributed by atoms with E-state index in [9.17, 15) is 34.5 Å². The number of hydrogen-bond donors (Lipinski definition) is 2. The molecule has 1 saturated heterocycles. The number of aliphatic hydroxyl groups is 1. The van der Waals surface area contributed by atoms with E-state index in [2.05, 4.69) is 0 Å². The monoisotopic (exact) mass is 564 g/mol. The molecular formula is C28H25N2O9P. The van der Waals surface area contributed by atoms with Gasteiger partial charge in [-0.15, -0.1) is 0 Å². The minimum Gasteiger partial charge on any atom is -0.477 e. The van der Waals surface area contributed by atoms with Crippen molar-refractivity contribution in [3.63, 3.8) is 0 Å². The third kappa shape index (κ3) is 4.85. The molecule has 3 aromatic rings. The third-order valence-electron chi connectivity index (χ3n) is 6.99. The first kappa shape index (κ1) is 27.1. The molecule has 0 bridgehead atoms. The van der Waals surface area contributed by atoms with Crippen molar-refractivity contribution in [2.75, 3.05) is 0 Å². The van der Waals surface area contributed by atoms with Gasteiger partial charge >= 0.3 is 13.6 Å². The van der Waals surface area contributed by atoms with Crippen molar-refractivity contribution in [1.29, 1.82) is 0 Å². The van der Waals surface area contributed by atoms with Crippen LogP contribution < -0.4 is 9.05 Å². The summed E-state index contributed by atoms with van der Waals surface area (Å²) in [6, 6.07) is 21.0. The zero-order chi connectivity index (χ0) is 28.6. The molecule has 0 spiro atoms. The zero-order valence-corrected chi connectivity index (χ0v) is 22.1. The van der Waals surface area contributed by atoms with Crippen molar-refractivity contribution in [2.24, 2.45) is 11.8 Å². The summed E-state index contributed by atoms with van der Waals surface area (Å²) in [7, 11) is -4.54. The average molecular weight is 564 g/mol. The highest BCUT2D eigenvalue weighted by atomic mass is 31.2. The van der Waals surface area contributed by atoms with Gasteiger partial charge in [-0.25, -0.2) is 9.36 Å². The summed E-state index contributed by atoms with van der Waals surface area (Å²) in [4.78, 5) is 37.5. The number of rotatable bonds is 10. The second-order valence-corrected chi connectivity index (χ2v) is 11.4. The van der Waals surface area contributed by atoms with Gasteiger partial charge in [0.25, 0.3) is 5.69 Å². The number of carbonyl (C=O) groups is 2. The van der Waals surface area contributed by atoms with Crippen molar-refractivity contribution >= 4 is 25.2 Å². The lowest BCUT2D eigenvalue weighted by atomic mass is 9.76. The number of nitrogens with zero attached hydrogens (tertiary/aromatic N) is 2. The van der Waals surface area contributed by atoms with Crippen LogP contribution in [0.4, 0.5) is 5.69 Å². The Kier molecular flexibility index (Phi) is 7.18. The second kappa shape index (κ2) is 10.6. The fraction of sp³-hybridized carbons (Fsp3) is 0.214. The van der Waals surface area contributed by atoms with E-state index in [0.717, 1.165) is 4.90 Å². The van der Waals surface area contributed by atoms with Gasteiger partial charge in [0.2, 0.25) is 5.91 Å². The molecule has 1 unspecified atom stereocenters. The Labute approximate surface area is 229 Å². The Hall–Kier alpha value is -4.47. The number of fused-ring (bicyclic) bond motifs is 1. The van der Waals surface area contributed by atoms with Crippen LogP contribution in [0.2, 0.25) is 0 Å². The van der Waals surface area contributed by atoms with Crippen molar-refractivity contribution in [1.82, 2.24) is 4.90 Å². The fourth-order valence-corrected chi connectivity index (χ4v) is 7.45. The molecule has 1 fully saturated rings. The summed E-state index contributed by atoms with van der Waals surface area (Å²) in [5.74, 6) is -3.69. The third-order valence-corrected chi connectivity index (χ3v) is 9.03. The van der Waals surface area contributed by atoms with Crippen LogP contribution in [0.3, 0.4) is 0 Å². The minimum absolute atomic E-state index is 0.0437. The maximum Gasteiger partial charge on any atom is 0.461 e. The average Bonchev–Trinajstić information content (AvgIpc) is 3.20. The van der Waals surface area contributed by atoms with Gasteiger partial charge in [-0.3, -0.25) is 14.9 Å². The van der Waals surface area contributed by atoms with Crippen molar-refractivity contribution in [3.05, 3.63) is 112 Å². The number of carboxylic acid groups (broad SMARTS) is 1. The molecule has 0 radical (unpaired) electrons. The summed E-state index contributed by atoms with van der Waals surface area (Å²) in [5, 5.41) is 31.7. The molecule has 12 heteroatoms. The molecule has 0 aromatic heterocycles. The van der Waals surface area contributed by atoms with Gasteiger partial charge in [-0.2, -0.15) is 0 Å². The largest absolute Gasteiger partial charge is 0.477 e. The first-order chi connectivity index (χ1) is 19.1. The van der Waals surface area contributed by atoms with Crippen LogP contribution >= 0.6 is 7.60 Å². The van der Waals surface area contributed by atoms with E-state index in [1.54, 1.807) is 60.7 Å². The van der Waals surface area contributed by atoms with Crippen molar-refractivity contribution in [2.45, 2.75) is 25.5 Å². The summed E-state index contributed by atoms with van der Waals surface area (Å²) < 4.78 is 26.8. The van der Waals surface area contributed by atoms with Crippen LogP contribution in [0.15, 0.2) is 95.9 Å². The van der Waals surface area contributed by atoms with Crippen LogP contribution in [-0.4, -0.2) is 44.1 Å². The summed E-state index contributed by atoms with van der Waals surface area (Å²) in [6.07, 6.45) is -1.07. The number of amides is 1. The quantitative estimate of drug-likeness (QED) is 0.155. The van der Waals surface area contributed by atoms with Crippen LogP contribution in [0.5, 0.6) is 11.5 Å². The molecule has 2 N–H and O–H groups in total. The smallest absolute Gasteiger partial charge is 0.461 e. The maximum atomic E-state index is 14.9. The fourth-order valence-electron chi connectivity index (χ4n) is 5.30. The number of nitro benzene ring substituents is 1. The number of β-lactam (4-membered cyclic amide) rings is 1. The Morgan fingerprint density at radius 1 is 1.00 bits per heavy atom. The van der Waals surface area contributed by atoms with E-state index in [1.165, 1.54) is 31.2 Å². The molecule has 3 aromatic carbocycles. The predicted octanol–water partition coefficient (Wildman–Crippen LogP) is 4.62. The Morgan fingerprint density at radius 3 is 1.98 bits per heavy atom. The number of para-hydroxylation sites is 2. The molecular weight excluding hydrogens is 539 g/mol. The van der Waals surface area contributed by atoms with Gasteiger partial charge in [-0.1, -0.05) is 48.5 Å². The molecule has 2 aliphatic rings. The molecule has 0 saturated carbocycles. The van der Waals surface area contributed by atoms with E-state index in [1.807, 2.05) is 0 Å². The van der Waals surface area contributed by atoms with Gasteiger partial charge in [0, 0.05) is 18.1 Å². The van der Waals surface area contributed by atoms with E-state index < -0.39 is 54.1 Å². The predicted molar refractivity (Wildman–Crippen MR) is 143 cm³/mol. The van der Waals surface area contributed by atoms with E-state index in [-0.39, 0.29) is 28.9 Å². The molecule has 0 aliphatic carbocycles. The number of nitro groups is 1. The lowest BCUT2D eigenvalue weighted by Gasteiger charge is -2.47. The summed E-state index contributed by atoms with van der Waals surface area (Å²) >= 11 is 0. The molecule has 5 rings (SSSR count). The lowest BCUT2D eigenvalue weighted by Crippen LogP contribution is -2.64. The SMILES string of the molecule is C[C@@H](O)[C@H]1C(=O)N2C(C(=O)O)=C(P(=O)(Oc3ccccc3)Oc3ccccc3)C(Cc3ccc([N+](=O)[O-])cc3)[C@@H]12. The topological polar surface area (TPSA) is 157 Å². The summed E-state index contributed by atoms with van der Waals surface area (Å²) in [5.41, 5.74) is -0.0895. The molecule has 2 heterocycles. The molecule has 2 aliphatic heterocycles.